The first-order valence-corrected chi connectivity index (χ1v) is 8.59. The molecular formula is C17H31N3O. The standard InChI is InChI=1S/C17H31N3O/c1-4-16(5-2)20-11-10-15(19-20)13-14(18-3)8-9-17-7-6-12-21-17/h10-11,14,16-18H,4-9,12-13H2,1-3H3. The molecule has 1 aliphatic heterocycles. The normalized spacial score (nSPS) is 20.3. The van der Waals surface area contributed by atoms with Crippen molar-refractivity contribution in [1.29, 1.82) is 0 Å². The summed E-state index contributed by atoms with van der Waals surface area (Å²) in [4.78, 5) is 0. The molecule has 1 fully saturated rings. The highest BCUT2D eigenvalue weighted by molar-refractivity contribution is 5.02. The molecule has 1 aliphatic rings. The Morgan fingerprint density at radius 2 is 2.24 bits per heavy atom. The fraction of sp³-hybridized carbons (Fsp3) is 0.824. The molecule has 4 heteroatoms. The van der Waals surface area contributed by atoms with Crippen LogP contribution < -0.4 is 5.32 Å². The highest BCUT2D eigenvalue weighted by Crippen LogP contribution is 2.19. The molecule has 1 N–H and O–H groups in total. The van der Waals surface area contributed by atoms with Crippen LogP contribution in [0.5, 0.6) is 0 Å². The van der Waals surface area contributed by atoms with Gasteiger partial charge in [-0.05, 0) is 51.6 Å². The van der Waals surface area contributed by atoms with Crippen molar-refractivity contribution in [2.24, 2.45) is 0 Å². The van der Waals surface area contributed by atoms with Gasteiger partial charge in [-0.25, -0.2) is 0 Å². The highest BCUT2D eigenvalue weighted by atomic mass is 16.5. The van der Waals surface area contributed by atoms with Gasteiger partial charge in [0.25, 0.3) is 0 Å². The molecule has 1 aromatic heterocycles. The van der Waals surface area contributed by atoms with Crippen LogP contribution in [0.2, 0.25) is 0 Å². The second kappa shape index (κ2) is 8.54. The first kappa shape index (κ1) is 16.5. The Labute approximate surface area is 129 Å². The first-order chi connectivity index (χ1) is 10.3. The van der Waals surface area contributed by atoms with E-state index in [4.69, 9.17) is 9.84 Å². The van der Waals surface area contributed by atoms with Crippen LogP contribution in [0.1, 0.15) is 64.1 Å². The number of rotatable bonds is 9. The predicted octanol–water partition coefficient (Wildman–Crippen LogP) is 3.33. The minimum atomic E-state index is 0.489. The zero-order valence-corrected chi connectivity index (χ0v) is 13.8. The Hall–Kier alpha value is -0.870. The van der Waals surface area contributed by atoms with Crippen molar-refractivity contribution in [2.75, 3.05) is 13.7 Å². The van der Waals surface area contributed by atoms with Gasteiger partial charge in [-0.1, -0.05) is 13.8 Å². The number of hydrogen-bond donors (Lipinski definition) is 1. The van der Waals surface area contributed by atoms with Crippen molar-refractivity contribution >= 4 is 0 Å². The van der Waals surface area contributed by atoms with Crippen molar-refractivity contribution in [2.45, 2.75) is 77.0 Å². The van der Waals surface area contributed by atoms with Crippen LogP contribution in [0.3, 0.4) is 0 Å². The van der Waals surface area contributed by atoms with Crippen LogP contribution >= 0.6 is 0 Å². The molecule has 1 saturated heterocycles. The van der Waals surface area contributed by atoms with Crippen LogP contribution in [0, 0.1) is 0 Å². The zero-order valence-electron chi connectivity index (χ0n) is 13.8. The molecule has 2 rings (SSSR count). The van der Waals surface area contributed by atoms with Gasteiger partial charge >= 0.3 is 0 Å². The molecule has 4 nitrogen and oxygen atoms in total. The Bertz CT molecular complexity index is 394. The van der Waals surface area contributed by atoms with Crippen molar-refractivity contribution in [3.63, 3.8) is 0 Å². The summed E-state index contributed by atoms with van der Waals surface area (Å²) in [6, 6.07) is 3.22. The fourth-order valence-corrected chi connectivity index (χ4v) is 3.21. The van der Waals surface area contributed by atoms with Gasteiger partial charge in [0.05, 0.1) is 17.8 Å². The molecule has 0 aliphatic carbocycles. The van der Waals surface area contributed by atoms with E-state index >= 15 is 0 Å². The van der Waals surface area contributed by atoms with Gasteiger partial charge in [0.1, 0.15) is 0 Å². The Morgan fingerprint density at radius 3 is 2.86 bits per heavy atom. The average molecular weight is 293 g/mol. The summed E-state index contributed by atoms with van der Waals surface area (Å²) in [7, 11) is 2.05. The molecule has 0 aromatic carbocycles. The van der Waals surface area contributed by atoms with Crippen molar-refractivity contribution in [3.05, 3.63) is 18.0 Å². The monoisotopic (exact) mass is 293 g/mol. The Morgan fingerprint density at radius 1 is 1.43 bits per heavy atom. The second-order valence-electron chi connectivity index (χ2n) is 6.16. The molecule has 2 atom stereocenters. The van der Waals surface area contributed by atoms with Gasteiger partial charge in [-0.3, -0.25) is 4.68 Å². The molecule has 2 unspecified atom stereocenters. The lowest BCUT2D eigenvalue weighted by molar-refractivity contribution is 0.0998. The first-order valence-electron chi connectivity index (χ1n) is 8.59. The lowest BCUT2D eigenvalue weighted by Gasteiger charge is -2.17. The molecule has 0 radical (unpaired) electrons. The predicted molar refractivity (Wildman–Crippen MR) is 86.6 cm³/mol. The van der Waals surface area contributed by atoms with E-state index in [2.05, 4.69) is 43.2 Å². The Balaban J connectivity index is 1.83. The third kappa shape index (κ3) is 4.82. The minimum absolute atomic E-state index is 0.489. The summed E-state index contributed by atoms with van der Waals surface area (Å²) in [6.07, 6.45) is 10.7. The number of likely N-dealkylation sites (N-methyl/N-ethyl adjacent to an activating group) is 1. The van der Waals surface area contributed by atoms with Gasteiger partial charge in [0.15, 0.2) is 0 Å². The van der Waals surface area contributed by atoms with E-state index in [1.807, 2.05) is 0 Å². The molecule has 120 valence electrons. The van der Waals surface area contributed by atoms with Crippen LogP contribution in [0.25, 0.3) is 0 Å². The average Bonchev–Trinajstić information content (AvgIpc) is 3.16. The summed E-state index contributed by atoms with van der Waals surface area (Å²) in [6.45, 7) is 5.41. The lowest BCUT2D eigenvalue weighted by Crippen LogP contribution is -2.29. The second-order valence-corrected chi connectivity index (χ2v) is 6.16. The fourth-order valence-electron chi connectivity index (χ4n) is 3.21. The zero-order chi connectivity index (χ0) is 15.1. The molecule has 0 amide bonds. The topological polar surface area (TPSA) is 39.1 Å². The summed E-state index contributed by atoms with van der Waals surface area (Å²) < 4.78 is 7.86. The number of hydrogen-bond acceptors (Lipinski definition) is 3. The Kier molecular flexibility index (Phi) is 6.71. The van der Waals surface area contributed by atoms with Crippen LogP contribution in [0.4, 0.5) is 0 Å². The van der Waals surface area contributed by atoms with Crippen LogP contribution in [-0.2, 0) is 11.2 Å². The maximum atomic E-state index is 5.72. The third-order valence-corrected chi connectivity index (χ3v) is 4.71. The molecule has 2 heterocycles. The van der Waals surface area contributed by atoms with Gasteiger partial charge < -0.3 is 10.1 Å². The van der Waals surface area contributed by atoms with Crippen molar-refractivity contribution in [3.8, 4) is 0 Å². The number of aromatic nitrogens is 2. The minimum Gasteiger partial charge on any atom is -0.378 e. The maximum absolute atomic E-state index is 5.72. The van der Waals surface area contributed by atoms with Gasteiger partial charge in [0, 0.05) is 25.3 Å². The number of nitrogens with zero attached hydrogens (tertiary/aromatic N) is 2. The maximum Gasteiger partial charge on any atom is 0.0640 e. The lowest BCUT2D eigenvalue weighted by atomic mass is 10.0. The van der Waals surface area contributed by atoms with Gasteiger partial charge in [0.2, 0.25) is 0 Å². The largest absolute Gasteiger partial charge is 0.378 e. The molecule has 0 bridgehead atoms. The molecular weight excluding hydrogens is 262 g/mol. The van der Waals surface area contributed by atoms with Crippen LogP contribution in [-0.4, -0.2) is 35.6 Å². The van der Waals surface area contributed by atoms with E-state index in [9.17, 15) is 0 Å². The van der Waals surface area contributed by atoms with E-state index in [-0.39, 0.29) is 0 Å². The molecule has 21 heavy (non-hydrogen) atoms. The van der Waals surface area contributed by atoms with Gasteiger partial charge in [-0.15, -0.1) is 0 Å². The number of ether oxygens (including phenoxy) is 1. The van der Waals surface area contributed by atoms with E-state index in [1.165, 1.54) is 31.4 Å². The number of nitrogens with one attached hydrogen (secondary N) is 1. The molecule has 1 aromatic rings. The third-order valence-electron chi connectivity index (χ3n) is 4.71. The highest BCUT2D eigenvalue weighted by Gasteiger charge is 2.18. The summed E-state index contributed by atoms with van der Waals surface area (Å²) in [5.74, 6) is 0. The van der Waals surface area contributed by atoms with E-state index in [0.29, 0.717) is 18.2 Å². The van der Waals surface area contributed by atoms with E-state index in [0.717, 1.165) is 25.9 Å². The van der Waals surface area contributed by atoms with Crippen LogP contribution in [0.15, 0.2) is 12.3 Å². The van der Waals surface area contributed by atoms with E-state index in [1.54, 1.807) is 0 Å². The van der Waals surface area contributed by atoms with Crippen molar-refractivity contribution in [1.82, 2.24) is 15.1 Å². The van der Waals surface area contributed by atoms with Gasteiger partial charge in [-0.2, -0.15) is 5.10 Å². The molecule has 0 saturated carbocycles. The summed E-state index contributed by atoms with van der Waals surface area (Å²) in [5.41, 5.74) is 1.20. The quantitative estimate of drug-likeness (QED) is 0.759. The molecule has 0 spiro atoms. The van der Waals surface area contributed by atoms with E-state index < -0.39 is 0 Å². The smallest absolute Gasteiger partial charge is 0.0640 e. The summed E-state index contributed by atoms with van der Waals surface area (Å²) >= 11 is 0. The van der Waals surface area contributed by atoms with Crippen molar-refractivity contribution < 1.29 is 4.74 Å². The SMILES string of the molecule is CCC(CC)n1ccc(CC(CCC2CCCO2)NC)n1. The summed E-state index contributed by atoms with van der Waals surface area (Å²) in [5, 5.41) is 8.20.